The minimum atomic E-state index is -0.0885. The second-order valence-corrected chi connectivity index (χ2v) is 2.52. The average molecular weight is 176 g/mol. The SMILES string of the molecule is CC(=O)c1ccc(N)c(N=[N+]=[N-])c1. The maximum atomic E-state index is 10.9. The van der Waals surface area contributed by atoms with E-state index in [2.05, 4.69) is 10.0 Å². The molecule has 1 rings (SSSR count). The van der Waals surface area contributed by atoms with Crippen LogP contribution in [0.1, 0.15) is 17.3 Å². The van der Waals surface area contributed by atoms with E-state index in [1.165, 1.54) is 13.0 Å². The van der Waals surface area contributed by atoms with E-state index in [-0.39, 0.29) is 11.5 Å². The number of carbonyl (C=O) groups excluding carboxylic acids is 1. The van der Waals surface area contributed by atoms with Crippen LogP contribution in [-0.4, -0.2) is 5.78 Å². The Labute approximate surface area is 74.8 Å². The van der Waals surface area contributed by atoms with Crippen molar-refractivity contribution in [2.45, 2.75) is 6.92 Å². The predicted octanol–water partition coefficient (Wildman–Crippen LogP) is 2.41. The highest BCUT2D eigenvalue weighted by atomic mass is 16.1. The van der Waals surface area contributed by atoms with Gasteiger partial charge in [-0.2, -0.15) is 0 Å². The van der Waals surface area contributed by atoms with Gasteiger partial charge in [0.2, 0.25) is 0 Å². The number of rotatable bonds is 2. The molecule has 0 bridgehead atoms. The molecule has 0 saturated heterocycles. The van der Waals surface area contributed by atoms with Crippen molar-refractivity contribution >= 4 is 17.2 Å². The fourth-order valence-electron chi connectivity index (χ4n) is 0.897. The van der Waals surface area contributed by atoms with Gasteiger partial charge in [-0.1, -0.05) is 5.11 Å². The lowest BCUT2D eigenvalue weighted by Gasteiger charge is -2.00. The Hall–Kier alpha value is -2.00. The summed E-state index contributed by atoms with van der Waals surface area (Å²) in [6.07, 6.45) is 0. The second kappa shape index (κ2) is 3.60. The molecule has 0 aliphatic heterocycles. The van der Waals surface area contributed by atoms with Crippen LogP contribution >= 0.6 is 0 Å². The van der Waals surface area contributed by atoms with Crippen molar-refractivity contribution in [3.05, 3.63) is 34.2 Å². The van der Waals surface area contributed by atoms with Crippen LogP contribution in [0.25, 0.3) is 10.4 Å². The number of anilines is 1. The van der Waals surface area contributed by atoms with E-state index in [1.54, 1.807) is 12.1 Å². The van der Waals surface area contributed by atoms with Crippen molar-refractivity contribution < 1.29 is 4.79 Å². The fourth-order valence-corrected chi connectivity index (χ4v) is 0.897. The van der Waals surface area contributed by atoms with Gasteiger partial charge >= 0.3 is 0 Å². The lowest BCUT2D eigenvalue weighted by molar-refractivity contribution is 0.101. The molecule has 0 saturated carbocycles. The van der Waals surface area contributed by atoms with Gasteiger partial charge in [-0.3, -0.25) is 4.79 Å². The lowest BCUT2D eigenvalue weighted by atomic mass is 10.1. The summed E-state index contributed by atoms with van der Waals surface area (Å²) in [4.78, 5) is 13.5. The minimum absolute atomic E-state index is 0.0885. The molecule has 0 fully saturated rings. The number of hydrogen-bond acceptors (Lipinski definition) is 3. The second-order valence-electron chi connectivity index (χ2n) is 2.52. The number of benzene rings is 1. The highest BCUT2D eigenvalue weighted by Gasteiger charge is 2.02. The molecule has 1 aromatic carbocycles. The first-order valence-electron chi connectivity index (χ1n) is 3.60. The summed E-state index contributed by atoms with van der Waals surface area (Å²) >= 11 is 0. The van der Waals surface area contributed by atoms with Gasteiger partial charge in [-0.05, 0) is 30.7 Å². The molecule has 0 unspecified atom stereocenters. The molecule has 66 valence electrons. The zero-order valence-electron chi connectivity index (χ0n) is 7.06. The third kappa shape index (κ3) is 1.98. The molecule has 0 aliphatic rings. The fraction of sp³-hybridized carbons (Fsp3) is 0.125. The van der Waals surface area contributed by atoms with Gasteiger partial charge in [-0.15, -0.1) is 0 Å². The monoisotopic (exact) mass is 176 g/mol. The summed E-state index contributed by atoms with van der Waals surface area (Å²) in [5, 5.41) is 3.35. The molecule has 0 amide bonds. The zero-order valence-corrected chi connectivity index (χ0v) is 7.06. The molecule has 0 radical (unpaired) electrons. The summed E-state index contributed by atoms with van der Waals surface area (Å²) in [6.45, 7) is 1.44. The van der Waals surface area contributed by atoms with Crippen LogP contribution in [0.15, 0.2) is 23.3 Å². The number of nitrogens with zero attached hydrogens (tertiary/aromatic N) is 3. The maximum Gasteiger partial charge on any atom is 0.159 e. The Kier molecular flexibility index (Phi) is 2.52. The van der Waals surface area contributed by atoms with Gasteiger partial charge < -0.3 is 5.73 Å². The quantitative estimate of drug-likeness (QED) is 0.246. The standard InChI is InChI=1S/C8H8N4O/c1-5(13)6-2-3-7(9)8(4-6)11-12-10/h2-4H,9H2,1H3. The van der Waals surface area contributed by atoms with Crippen LogP contribution in [0.4, 0.5) is 11.4 Å². The Morgan fingerprint density at radius 2 is 2.31 bits per heavy atom. The molecule has 1 aromatic rings. The van der Waals surface area contributed by atoms with Crippen molar-refractivity contribution in [3.63, 3.8) is 0 Å². The highest BCUT2D eigenvalue weighted by Crippen LogP contribution is 2.23. The molecule has 0 heterocycles. The van der Waals surface area contributed by atoms with Crippen LogP contribution in [0, 0.1) is 0 Å². The number of ketones is 1. The van der Waals surface area contributed by atoms with Crippen molar-refractivity contribution in [1.82, 2.24) is 0 Å². The molecule has 0 aromatic heterocycles. The molecule has 5 heteroatoms. The molecule has 0 spiro atoms. The van der Waals surface area contributed by atoms with Gasteiger partial charge in [0, 0.05) is 16.2 Å². The summed E-state index contributed by atoms with van der Waals surface area (Å²) in [5.41, 5.74) is 14.8. The molecule has 13 heavy (non-hydrogen) atoms. The van der Waals surface area contributed by atoms with E-state index in [0.29, 0.717) is 11.3 Å². The number of azide groups is 1. The number of hydrogen-bond donors (Lipinski definition) is 1. The van der Waals surface area contributed by atoms with Crippen molar-refractivity contribution in [2.75, 3.05) is 5.73 Å². The van der Waals surface area contributed by atoms with Crippen molar-refractivity contribution in [3.8, 4) is 0 Å². The number of nitrogens with two attached hydrogens (primary N) is 1. The van der Waals surface area contributed by atoms with E-state index >= 15 is 0 Å². The predicted molar refractivity (Wildman–Crippen MR) is 49.7 cm³/mol. The Morgan fingerprint density at radius 3 is 2.85 bits per heavy atom. The number of carbonyl (C=O) groups is 1. The van der Waals surface area contributed by atoms with E-state index in [1.807, 2.05) is 0 Å². The van der Waals surface area contributed by atoms with Gasteiger partial charge in [-0.25, -0.2) is 0 Å². The third-order valence-corrected chi connectivity index (χ3v) is 1.59. The van der Waals surface area contributed by atoms with Gasteiger partial charge in [0.25, 0.3) is 0 Å². The van der Waals surface area contributed by atoms with E-state index in [9.17, 15) is 4.79 Å². The average Bonchev–Trinajstić information content (AvgIpc) is 2.08. The topological polar surface area (TPSA) is 91.9 Å². The number of Topliss-reactive ketones (excluding diaryl/α,β-unsaturated/α-hetero) is 1. The zero-order chi connectivity index (χ0) is 9.84. The van der Waals surface area contributed by atoms with Crippen molar-refractivity contribution in [1.29, 1.82) is 0 Å². The van der Waals surface area contributed by atoms with Gasteiger partial charge in [0.15, 0.2) is 5.78 Å². The Balaban J connectivity index is 3.26. The third-order valence-electron chi connectivity index (χ3n) is 1.59. The molecule has 0 atom stereocenters. The largest absolute Gasteiger partial charge is 0.398 e. The molecule has 2 N–H and O–H groups in total. The van der Waals surface area contributed by atoms with Crippen LogP contribution < -0.4 is 5.73 Å². The maximum absolute atomic E-state index is 10.9. The lowest BCUT2D eigenvalue weighted by Crippen LogP contribution is -1.93. The normalized spacial score (nSPS) is 9.00. The molecule has 0 aliphatic carbocycles. The summed E-state index contributed by atoms with van der Waals surface area (Å²) < 4.78 is 0. The summed E-state index contributed by atoms with van der Waals surface area (Å²) in [5.74, 6) is -0.0885. The van der Waals surface area contributed by atoms with Crippen LogP contribution in [0.2, 0.25) is 0 Å². The van der Waals surface area contributed by atoms with E-state index in [4.69, 9.17) is 11.3 Å². The highest BCUT2D eigenvalue weighted by molar-refractivity contribution is 5.95. The first-order valence-corrected chi connectivity index (χ1v) is 3.60. The first-order chi connectivity index (χ1) is 6.15. The molecule has 5 nitrogen and oxygen atoms in total. The minimum Gasteiger partial charge on any atom is -0.398 e. The smallest absolute Gasteiger partial charge is 0.159 e. The Bertz CT molecular complexity index is 393. The number of nitrogen functional groups attached to an aromatic ring is 1. The van der Waals surface area contributed by atoms with E-state index < -0.39 is 0 Å². The molecular weight excluding hydrogens is 168 g/mol. The summed E-state index contributed by atoms with van der Waals surface area (Å²) in [6, 6.07) is 4.60. The van der Waals surface area contributed by atoms with E-state index in [0.717, 1.165) is 0 Å². The van der Waals surface area contributed by atoms with Crippen molar-refractivity contribution in [2.24, 2.45) is 5.11 Å². The Morgan fingerprint density at radius 1 is 1.62 bits per heavy atom. The van der Waals surface area contributed by atoms with Crippen LogP contribution in [0.5, 0.6) is 0 Å². The molecular formula is C8H8N4O. The van der Waals surface area contributed by atoms with Gasteiger partial charge in [0.05, 0.1) is 5.69 Å². The first kappa shape index (κ1) is 9.09. The van der Waals surface area contributed by atoms with Gasteiger partial charge in [0.1, 0.15) is 0 Å². The van der Waals surface area contributed by atoms with Crippen LogP contribution in [0.3, 0.4) is 0 Å². The van der Waals surface area contributed by atoms with Crippen LogP contribution in [-0.2, 0) is 0 Å². The summed E-state index contributed by atoms with van der Waals surface area (Å²) in [7, 11) is 0.